The zero-order valence-corrected chi connectivity index (χ0v) is 16.9. The number of carbonyl (C=O) groups is 1. The molecule has 146 valence electrons. The molecular formula is C22H27N5O. The van der Waals surface area contributed by atoms with Crippen molar-refractivity contribution in [2.45, 2.75) is 26.8 Å². The number of aryl methyl sites for hydroxylation is 2. The van der Waals surface area contributed by atoms with Crippen LogP contribution in [0, 0.1) is 13.8 Å². The second kappa shape index (κ2) is 7.72. The number of fused-ring (bicyclic) bond motifs is 1. The van der Waals surface area contributed by atoms with Crippen molar-refractivity contribution in [3.63, 3.8) is 0 Å². The van der Waals surface area contributed by atoms with Crippen molar-refractivity contribution in [2.24, 2.45) is 7.05 Å². The smallest absolute Gasteiger partial charge is 0.227 e. The van der Waals surface area contributed by atoms with E-state index < -0.39 is 0 Å². The van der Waals surface area contributed by atoms with Crippen molar-refractivity contribution in [1.82, 2.24) is 24.6 Å². The van der Waals surface area contributed by atoms with E-state index in [2.05, 4.69) is 39.2 Å². The number of nitrogens with zero attached hydrogens (tertiary/aromatic N) is 5. The second-order valence-corrected chi connectivity index (χ2v) is 7.60. The highest BCUT2D eigenvalue weighted by atomic mass is 16.2. The van der Waals surface area contributed by atoms with E-state index in [1.54, 1.807) is 0 Å². The molecule has 1 saturated heterocycles. The van der Waals surface area contributed by atoms with Crippen LogP contribution in [0.5, 0.6) is 0 Å². The van der Waals surface area contributed by atoms with E-state index in [4.69, 9.17) is 0 Å². The van der Waals surface area contributed by atoms with E-state index in [0.29, 0.717) is 6.42 Å². The third-order valence-corrected chi connectivity index (χ3v) is 5.82. The fourth-order valence-electron chi connectivity index (χ4n) is 4.03. The summed E-state index contributed by atoms with van der Waals surface area (Å²) in [6.45, 7) is 8.20. The molecule has 0 radical (unpaired) electrons. The predicted octanol–water partition coefficient (Wildman–Crippen LogP) is 2.47. The number of amides is 1. The topological polar surface area (TPSA) is 54.3 Å². The van der Waals surface area contributed by atoms with Gasteiger partial charge in [-0.05, 0) is 25.5 Å². The number of aromatic nitrogens is 3. The van der Waals surface area contributed by atoms with Gasteiger partial charge in [0.1, 0.15) is 0 Å². The zero-order valence-electron chi connectivity index (χ0n) is 16.9. The van der Waals surface area contributed by atoms with Gasteiger partial charge in [0.2, 0.25) is 5.91 Å². The molecule has 1 aliphatic heterocycles. The van der Waals surface area contributed by atoms with E-state index in [1.165, 1.54) is 10.9 Å². The molecule has 1 aromatic carbocycles. The maximum Gasteiger partial charge on any atom is 0.227 e. The summed E-state index contributed by atoms with van der Waals surface area (Å²) < 4.78 is 1.86. The molecule has 0 N–H and O–H groups in total. The van der Waals surface area contributed by atoms with Crippen LogP contribution in [0.1, 0.15) is 22.5 Å². The number of rotatable bonds is 4. The first-order valence-corrected chi connectivity index (χ1v) is 9.85. The van der Waals surface area contributed by atoms with Gasteiger partial charge in [0.15, 0.2) is 0 Å². The molecule has 6 heteroatoms. The number of piperazine rings is 1. The molecule has 28 heavy (non-hydrogen) atoms. The van der Waals surface area contributed by atoms with E-state index in [0.717, 1.165) is 55.2 Å². The Morgan fingerprint density at radius 3 is 2.54 bits per heavy atom. The standard InChI is InChI=1S/C22H27N5O/c1-16-20(17(2)25(3)24-16)14-21(28)27-12-10-26(11-13-27)15-19-7-4-6-18-8-5-9-23-22(18)19/h4-9H,10-15H2,1-3H3. The van der Waals surface area contributed by atoms with E-state index in [-0.39, 0.29) is 5.91 Å². The summed E-state index contributed by atoms with van der Waals surface area (Å²) >= 11 is 0. The molecule has 0 unspecified atom stereocenters. The van der Waals surface area contributed by atoms with Gasteiger partial charge in [0.05, 0.1) is 17.6 Å². The first kappa shape index (κ1) is 18.6. The van der Waals surface area contributed by atoms with Gasteiger partial charge in [-0.2, -0.15) is 5.10 Å². The lowest BCUT2D eigenvalue weighted by molar-refractivity contribution is -0.132. The average Bonchev–Trinajstić information content (AvgIpc) is 2.95. The minimum absolute atomic E-state index is 0.200. The maximum absolute atomic E-state index is 12.8. The average molecular weight is 377 g/mol. The first-order chi connectivity index (χ1) is 13.5. The highest BCUT2D eigenvalue weighted by Gasteiger charge is 2.23. The van der Waals surface area contributed by atoms with E-state index >= 15 is 0 Å². The van der Waals surface area contributed by atoms with E-state index in [9.17, 15) is 4.79 Å². The largest absolute Gasteiger partial charge is 0.340 e. The van der Waals surface area contributed by atoms with Crippen molar-refractivity contribution < 1.29 is 4.79 Å². The number of carbonyl (C=O) groups excluding carboxylic acids is 1. The normalized spacial score (nSPS) is 15.3. The van der Waals surface area contributed by atoms with Crippen molar-refractivity contribution >= 4 is 16.8 Å². The molecule has 0 atom stereocenters. The van der Waals surface area contributed by atoms with Crippen LogP contribution in [0.3, 0.4) is 0 Å². The van der Waals surface area contributed by atoms with Gasteiger partial charge in [0.25, 0.3) is 0 Å². The minimum Gasteiger partial charge on any atom is -0.340 e. The van der Waals surface area contributed by atoms with Crippen LogP contribution in [0.4, 0.5) is 0 Å². The summed E-state index contributed by atoms with van der Waals surface area (Å²) in [6, 6.07) is 10.4. The first-order valence-electron chi connectivity index (χ1n) is 9.85. The molecule has 1 fully saturated rings. The lowest BCUT2D eigenvalue weighted by Gasteiger charge is -2.35. The Bertz CT molecular complexity index is 996. The molecule has 3 aromatic rings. The number of hydrogen-bond acceptors (Lipinski definition) is 4. The number of para-hydroxylation sites is 1. The van der Waals surface area contributed by atoms with Gasteiger partial charge in [-0.1, -0.05) is 24.3 Å². The van der Waals surface area contributed by atoms with Crippen molar-refractivity contribution in [3.8, 4) is 0 Å². The summed E-state index contributed by atoms with van der Waals surface area (Å²) in [5.74, 6) is 0.200. The molecule has 3 heterocycles. The number of pyridine rings is 1. The molecule has 6 nitrogen and oxygen atoms in total. The Morgan fingerprint density at radius 1 is 1.07 bits per heavy atom. The monoisotopic (exact) mass is 377 g/mol. The van der Waals surface area contributed by atoms with Crippen LogP contribution in [-0.4, -0.2) is 56.7 Å². The zero-order chi connectivity index (χ0) is 19.7. The van der Waals surface area contributed by atoms with Gasteiger partial charge in [-0.3, -0.25) is 19.4 Å². The highest BCUT2D eigenvalue weighted by Crippen LogP contribution is 2.19. The van der Waals surface area contributed by atoms with Gasteiger partial charge in [-0.25, -0.2) is 0 Å². The fourth-order valence-corrected chi connectivity index (χ4v) is 4.03. The summed E-state index contributed by atoms with van der Waals surface area (Å²) in [4.78, 5) is 21.7. The van der Waals surface area contributed by atoms with Gasteiger partial charge in [-0.15, -0.1) is 0 Å². The van der Waals surface area contributed by atoms with Gasteiger partial charge in [0, 0.05) is 62.6 Å². The van der Waals surface area contributed by atoms with Crippen LogP contribution in [0.15, 0.2) is 36.5 Å². The maximum atomic E-state index is 12.8. The molecule has 1 aliphatic rings. The quantitative estimate of drug-likeness (QED) is 0.701. The Morgan fingerprint density at radius 2 is 1.82 bits per heavy atom. The summed E-state index contributed by atoms with van der Waals surface area (Å²) in [6.07, 6.45) is 2.30. The van der Waals surface area contributed by atoms with Crippen LogP contribution >= 0.6 is 0 Å². The lowest BCUT2D eigenvalue weighted by atomic mass is 10.1. The summed E-state index contributed by atoms with van der Waals surface area (Å²) in [5, 5.41) is 5.60. The Labute approximate surface area is 165 Å². The minimum atomic E-state index is 0.200. The van der Waals surface area contributed by atoms with Gasteiger partial charge < -0.3 is 4.90 Å². The van der Waals surface area contributed by atoms with Crippen molar-refractivity contribution in [1.29, 1.82) is 0 Å². The highest BCUT2D eigenvalue weighted by molar-refractivity contribution is 5.81. The SMILES string of the molecule is Cc1nn(C)c(C)c1CC(=O)N1CCN(Cc2cccc3cccnc23)CC1. The molecule has 4 rings (SSSR count). The van der Waals surface area contributed by atoms with Crippen molar-refractivity contribution in [3.05, 3.63) is 59.0 Å². The van der Waals surface area contributed by atoms with Crippen LogP contribution in [0.2, 0.25) is 0 Å². The van der Waals surface area contributed by atoms with E-state index in [1.807, 2.05) is 42.7 Å². The van der Waals surface area contributed by atoms with Crippen LogP contribution < -0.4 is 0 Å². The Balaban J connectivity index is 1.37. The van der Waals surface area contributed by atoms with Crippen LogP contribution in [0.25, 0.3) is 10.9 Å². The molecular weight excluding hydrogens is 350 g/mol. The Hall–Kier alpha value is -2.73. The number of benzene rings is 1. The van der Waals surface area contributed by atoms with Crippen molar-refractivity contribution in [2.75, 3.05) is 26.2 Å². The van der Waals surface area contributed by atoms with Gasteiger partial charge >= 0.3 is 0 Å². The summed E-state index contributed by atoms with van der Waals surface area (Å²) in [7, 11) is 1.93. The molecule has 0 bridgehead atoms. The third-order valence-electron chi connectivity index (χ3n) is 5.82. The predicted molar refractivity (Wildman–Crippen MR) is 110 cm³/mol. The molecule has 0 saturated carbocycles. The number of hydrogen-bond donors (Lipinski definition) is 0. The molecule has 0 spiro atoms. The lowest BCUT2D eigenvalue weighted by Crippen LogP contribution is -2.48. The Kier molecular flexibility index (Phi) is 5.13. The molecule has 1 amide bonds. The van der Waals surface area contributed by atoms with Crippen LogP contribution in [-0.2, 0) is 24.8 Å². The summed E-state index contributed by atoms with van der Waals surface area (Å²) in [5.41, 5.74) is 5.42. The third kappa shape index (κ3) is 3.64. The molecule has 2 aromatic heterocycles. The fraction of sp³-hybridized carbons (Fsp3) is 0.409. The second-order valence-electron chi connectivity index (χ2n) is 7.60. The molecule has 0 aliphatic carbocycles.